The Balaban J connectivity index is 2.96. The second-order valence-corrected chi connectivity index (χ2v) is 4.95. The molecule has 0 aromatic rings. The molecule has 0 spiro atoms. The molecule has 0 aromatic carbocycles. The molecule has 0 aliphatic carbocycles. The summed E-state index contributed by atoms with van der Waals surface area (Å²) in [6.07, 6.45) is 20.3. The molecule has 0 aliphatic rings. The van der Waals surface area contributed by atoms with E-state index in [0.717, 1.165) is 12.8 Å². The summed E-state index contributed by atoms with van der Waals surface area (Å²) in [4.78, 5) is 0. The van der Waals surface area contributed by atoms with Crippen molar-refractivity contribution in [3.05, 3.63) is 12.2 Å². The van der Waals surface area contributed by atoms with Gasteiger partial charge in [0.15, 0.2) is 0 Å². The topological polar surface area (TPSA) is 20.2 Å². The van der Waals surface area contributed by atoms with Crippen molar-refractivity contribution in [2.75, 3.05) is 6.61 Å². The maximum atomic E-state index is 8.61. The van der Waals surface area contributed by atoms with Crippen molar-refractivity contribution in [1.82, 2.24) is 0 Å². The Kier molecular flexibility index (Phi) is 15.4. The van der Waals surface area contributed by atoms with E-state index in [1.165, 1.54) is 64.2 Å². The first kappa shape index (κ1) is 16.7. The summed E-state index contributed by atoms with van der Waals surface area (Å²) in [6.45, 7) is 2.59. The highest BCUT2D eigenvalue weighted by atomic mass is 16.2. The van der Waals surface area contributed by atoms with Crippen molar-refractivity contribution in [3.8, 4) is 0 Å². The first-order valence-corrected chi connectivity index (χ1v) is 7.67. The van der Waals surface area contributed by atoms with Crippen LogP contribution in [0.25, 0.3) is 0 Å². The van der Waals surface area contributed by atoms with Gasteiger partial charge in [0.25, 0.3) is 0 Å². The van der Waals surface area contributed by atoms with Crippen molar-refractivity contribution >= 4 is 0 Å². The fraction of sp³-hybridized carbons (Fsp3) is 0.875. The Hall–Kier alpha value is -0.300. The lowest BCUT2D eigenvalue weighted by atomic mass is 10.1. The zero-order valence-electron chi connectivity index (χ0n) is 11.8. The van der Waals surface area contributed by atoms with Crippen LogP contribution in [0.5, 0.6) is 0 Å². The summed E-state index contributed by atoms with van der Waals surface area (Å²) in [5.41, 5.74) is 0. The monoisotopic (exact) mass is 240 g/mol. The van der Waals surface area contributed by atoms with E-state index in [-0.39, 0.29) is 0 Å². The largest absolute Gasteiger partial charge is 0.396 e. The highest BCUT2D eigenvalue weighted by Crippen LogP contribution is 2.10. The van der Waals surface area contributed by atoms with Crippen molar-refractivity contribution in [3.63, 3.8) is 0 Å². The number of allylic oxidation sites excluding steroid dienone is 2. The zero-order valence-corrected chi connectivity index (χ0v) is 11.8. The van der Waals surface area contributed by atoms with Crippen LogP contribution < -0.4 is 0 Å². The predicted molar refractivity (Wildman–Crippen MR) is 77.3 cm³/mol. The van der Waals surface area contributed by atoms with Gasteiger partial charge in [-0.2, -0.15) is 0 Å². The Morgan fingerprint density at radius 3 is 1.65 bits per heavy atom. The summed E-state index contributed by atoms with van der Waals surface area (Å²) >= 11 is 0. The lowest BCUT2D eigenvalue weighted by molar-refractivity contribution is 0.289. The molecule has 0 aromatic heterocycles. The first-order chi connectivity index (χ1) is 8.41. The molecule has 102 valence electrons. The van der Waals surface area contributed by atoms with E-state index < -0.39 is 0 Å². The van der Waals surface area contributed by atoms with Crippen LogP contribution in [0.2, 0.25) is 0 Å². The van der Waals surface area contributed by atoms with E-state index in [1.54, 1.807) is 0 Å². The summed E-state index contributed by atoms with van der Waals surface area (Å²) in [5, 5.41) is 8.61. The minimum Gasteiger partial charge on any atom is -0.396 e. The van der Waals surface area contributed by atoms with Crippen LogP contribution in [-0.2, 0) is 0 Å². The highest BCUT2D eigenvalue weighted by Gasteiger charge is 1.91. The number of aliphatic hydroxyl groups excluding tert-OH is 1. The zero-order chi connectivity index (χ0) is 12.6. The molecular formula is C16H32O. The smallest absolute Gasteiger partial charge is 0.0433 e. The average molecular weight is 240 g/mol. The Bertz CT molecular complexity index is 152. The van der Waals surface area contributed by atoms with Crippen LogP contribution >= 0.6 is 0 Å². The minimum absolute atomic E-state index is 0.322. The van der Waals surface area contributed by atoms with E-state index in [9.17, 15) is 0 Å². The highest BCUT2D eigenvalue weighted by molar-refractivity contribution is 4.81. The van der Waals surface area contributed by atoms with Crippen LogP contribution in [0.1, 0.15) is 84.0 Å². The summed E-state index contributed by atoms with van der Waals surface area (Å²) in [5.74, 6) is 0. The molecular weight excluding hydrogens is 208 g/mol. The molecule has 0 rings (SSSR count). The average Bonchev–Trinajstić information content (AvgIpc) is 2.35. The van der Waals surface area contributed by atoms with Gasteiger partial charge in [-0.1, -0.05) is 70.4 Å². The molecule has 17 heavy (non-hydrogen) atoms. The SMILES string of the molecule is CCCCCCCCCCCC=CCCCO. The van der Waals surface area contributed by atoms with Gasteiger partial charge in [-0.25, -0.2) is 0 Å². The number of rotatable bonds is 13. The van der Waals surface area contributed by atoms with E-state index >= 15 is 0 Å². The van der Waals surface area contributed by atoms with Crippen LogP contribution in [0.3, 0.4) is 0 Å². The molecule has 1 nitrogen and oxygen atoms in total. The van der Waals surface area contributed by atoms with Crippen molar-refractivity contribution in [1.29, 1.82) is 0 Å². The van der Waals surface area contributed by atoms with E-state index in [0.29, 0.717) is 6.61 Å². The van der Waals surface area contributed by atoms with Gasteiger partial charge in [0.1, 0.15) is 0 Å². The number of hydrogen-bond donors (Lipinski definition) is 1. The van der Waals surface area contributed by atoms with Crippen molar-refractivity contribution in [2.45, 2.75) is 84.0 Å². The fourth-order valence-electron chi connectivity index (χ4n) is 2.02. The van der Waals surface area contributed by atoms with Crippen LogP contribution in [0, 0.1) is 0 Å². The summed E-state index contributed by atoms with van der Waals surface area (Å²) in [6, 6.07) is 0. The first-order valence-electron chi connectivity index (χ1n) is 7.67. The van der Waals surface area contributed by atoms with Crippen molar-refractivity contribution < 1.29 is 5.11 Å². The van der Waals surface area contributed by atoms with Gasteiger partial charge >= 0.3 is 0 Å². The quantitative estimate of drug-likeness (QED) is 0.345. The number of aliphatic hydroxyl groups is 1. The Morgan fingerprint density at radius 1 is 0.647 bits per heavy atom. The minimum atomic E-state index is 0.322. The van der Waals surface area contributed by atoms with Crippen LogP contribution in [0.4, 0.5) is 0 Å². The lowest BCUT2D eigenvalue weighted by Crippen LogP contribution is -1.81. The fourth-order valence-corrected chi connectivity index (χ4v) is 2.02. The standard InChI is InChI=1S/C16H32O/c1-2-3-4-5-6-7-8-9-10-11-12-13-14-15-16-17/h12-13,17H,2-11,14-16H2,1H3. The number of hydrogen-bond acceptors (Lipinski definition) is 1. The maximum absolute atomic E-state index is 8.61. The molecule has 0 aliphatic heterocycles. The molecule has 0 fully saturated rings. The second-order valence-electron chi connectivity index (χ2n) is 4.95. The lowest BCUT2D eigenvalue weighted by Gasteiger charge is -2.00. The van der Waals surface area contributed by atoms with Crippen molar-refractivity contribution in [2.24, 2.45) is 0 Å². The van der Waals surface area contributed by atoms with E-state index in [1.807, 2.05) is 0 Å². The van der Waals surface area contributed by atoms with Gasteiger partial charge in [0, 0.05) is 6.61 Å². The third-order valence-electron chi connectivity index (χ3n) is 3.17. The number of unbranched alkanes of at least 4 members (excludes halogenated alkanes) is 10. The Morgan fingerprint density at radius 2 is 1.12 bits per heavy atom. The molecule has 0 radical (unpaired) electrons. The summed E-state index contributed by atoms with van der Waals surface area (Å²) in [7, 11) is 0. The normalized spacial score (nSPS) is 11.4. The molecule has 1 heteroatoms. The molecule has 1 N–H and O–H groups in total. The van der Waals surface area contributed by atoms with Gasteiger partial charge in [-0.15, -0.1) is 0 Å². The summed E-state index contributed by atoms with van der Waals surface area (Å²) < 4.78 is 0. The van der Waals surface area contributed by atoms with Gasteiger partial charge in [0.2, 0.25) is 0 Å². The molecule has 0 unspecified atom stereocenters. The van der Waals surface area contributed by atoms with Gasteiger partial charge in [-0.3, -0.25) is 0 Å². The molecule has 0 atom stereocenters. The molecule has 0 bridgehead atoms. The van der Waals surface area contributed by atoms with E-state index in [4.69, 9.17) is 5.11 Å². The van der Waals surface area contributed by atoms with Gasteiger partial charge < -0.3 is 5.11 Å². The third kappa shape index (κ3) is 15.7. The third-order valence-corrected chi connectivity index (χ3v) is 3.17. The van der Waals surface area contributed by atoms with Gasteiger partial charge in [0.05, 0.1) is 0 Å². The second kappa shape index (κ2) is 15.7. The Labute approximate surface area is 108 Å². The molecule has 0 heterocycles. The van der Waals surface area contributed by atoms with Crippen LogP contribution in [0.15, 0.2) is 12.2 Å². The predicted octanol–water partition coefficient (Wildman–Crippen LogP) is 5.24. The molecule has 0 saturated carbocycles. The van der Waals surface area contributed by atoms with Gasteiger partial charge in [-0.05, 0) is 25.7 Å². The molecule has 0 saturated heterocycles. The molecule has 0 amide bonds. The van der Waals surface area contributed by atoms with E-state index in [2.05, 4.69) is 19.1 Å². The van der Waals surface area contributed by atoms with Crippen LogP contribution in [-0.4, -0.2) is 11.7 Å². The maximum Gasteiger partial charge on any atom is 0.0433 e.